The second kappa shape index (κ2) is 7.53. The highest BCUT2D eigenvalue weighted by molar-refractivity contribution is 6.38. The summed E-state index contributed by atoms with van der Waals surface area (Å²) in [5.41, 5.74) is 3.64. The predicted molar refractivity (Wildman–Crippen MR) is 98.7 cm³/mol. The van der Waals surface area contributed by atoms with Crippen molar-refractivity contribution in [3.63, 3.8) is 0 Å². The van der Waals surface area contributed by atoms with E-state index < -0.39 is 11.8 Å². The molecule has 1 aromatic heterocycles. The van der Waals surface area contributed by atoms with Crippen LogP contribution in [0.15, 0.2) is 79.0 Å². The van der Waals surface area contributed by atoms with Crippen LogP contribution in [0.1, 0.15) is 11.3 Å². The summed E-state index contributed by atoms with van der Waals surface area (Å²) < 4.78 is 1.75. The Morgan fingerprint density at radius 1 is 0.846 bits per heavy atom. The number of aliphatic hydroxyl groups excluding tert-OH is 1. The zero-order valence-corrected chi connectivity index (χ0v) is 13.9. The zero-order valence-electron chi connectivity index (χ0n) is 13.9. The van der Waals surface area contributed by atoms with Crippen molar-refractivity contribution in [2.75, 3.05) is 0 Å². The van der Waals surface area contributed by atoms with Crippen molar-refractivity contribution < 1.29 is 19.8 Å². The second-order valence-electron chi connectivity index (χ2n) is 5.78. The molecular formula is C21H17NO4. The van der Waals surface area contributed by atoms with Gasteiger partial charge in [0.15, 0.2) is 0 Å². The van der Waals surface area contributed by atoms with E-state index in [-0.39, 0.29) is 5.76 Å². The number of carbonyl (C=O) groups is 2. The number of aromatic nitrogens is 1. The molecule has 130 valence electrons. The molecule has 0 radical (unpaired) electrons. The minimum Gasteiger partial charge on any atom is -0.506 e. The Morgan fingerprint density at radius 3 is 2.15 bits per heavy atom. The molecule has 0 saturated heterocycles. The van der Waals surface area contributed by atoms with E-state index in [2.05, 4.69) is 0 Å². The van der Waals surface area contributed by atoms with Gasteiger partial charge in [0.1, 0.15) is 5.76 Å². The smallest absolute Gasteiger partial charge is 0.376 e. The van der Waals surface area contributed by atoms with Crippen molar-refractivity contribution in [2.45, 2.75) is 6.54 Å². The van der Waals surface area contributed by atoms with Crippen molar-refractivity contribution in [3.8, 4) is 11.1 Å². The second-order valence-corrected chi connectivity index (χ2v) is 5.78. The SMILES string of the molecule is O=C(O)C(=O)/C=C(\O)c1cccn1Cc1ccc(-c2ccccc2)cc1. The van der Waals surface area contributed by atoms with Crippen LogP contribution in [0, 0.1) is 0 Å². The van der Waals surface area contributed by atoms with Gasteiger partial charge < -0.3 is 14.8 Å². The predicted octanol–water partition coefficient (Wildman–Crippen LogP) is 3.76. The highest BCUT2D eigenvalue weighted by Gasteiger charge is 2.13. The minimum atomic E-state index is -1.61. The van der Waals surface area contributed by atoms with Crippen molar-refractivity contribution >= 4 is 17.5 Å². The van der Waals surface area contributed by atoms with E-state index in [1.54, 1.807) is 22.9 Å². The number of carboxylic acids is 1. The lowest BCUT2D eigenvalue weighted by molar-refractivity contribution is -0.146. The molecule has 0 atom stereocenters. The summed E-state index contributed by atoms with van der Waals surface area (Å²) >= 11 is 0. The Bertz CT molecular complexity index is 953. The Labute approximate surface area is 150 Å². The van der Waals surface area contributed by atoms with Gasteiger partial charge in [-0.15, -0.1) is 0 Å². The van der Waals surface area contributed by atoms with Crippen LogP contribution in [0.2, 0.25) is 0 Å². The molecule has 26 heavy (non-hydrogen) atoms. The van der Waals surface area contributed by atoms with Crippen molar-refractivity contribution in [1.29, 1.82) is 0 Å². The summed E-state index contributed by atoms with van der Waals surface area (Å²) in [5.74, 6) is -3.14. The topological polar surface area (TPSA) is 79.5 Å². The molecule has 0 bridgehead atoms. The molecule has 3 rings (SSSR count). The molecular weight excluding hydrogens is 330 g/mol. The van der Waals surface area contributed by atoms with E-state index in [4.69, 9.17) is 5.11 Å². The van der Waals surface area contributed by atoms with Crippen LogP contribution in [0.4, 0.5) is 0 Å². The zero-order chi connectivity index (χ0) is 18.5. The number of nitrogens with zero attached hydrogens (tertiary/aromatic N) is 1. The summed E-state index contributed by atoms with van der Waals surface area (Å²) in [6, 6.07) is 21.4. The first kappa shape index (κ1) is 17.2. The third-order valence-corrected chi connectivity index (χ3v) is 3.98. The fourth-order valence-corrected chi connectivity index (χ4v) is 2.67. The number of carboxylic acid groups (broad SMARTS) is 1. The maximum atomic E-state index is 11.2. The largest absolute Gasteiger partial charge is 0.506 e. The molecule has 0 amide bonds. The summed E-state index contributed by atoms with van der Waals surface area (Å²) in [4.78, 5) is 21.9. The highest BCUT2D eigenvalue weighted by Crippen LogP contribution is 2.20. The van der Waals surface area contributed by atoms with Gasteiger partial charge in [-0.2, -0.15) is 0 Å². The molecule has 0 spiro atoms. The Hall–Kier alpha value is -3.60. The monoisotopic (exact) mass is 347 g/mol. The molecule has 5 nitrogen and oxygen atoms in total. The molecule has 0 aliphatic carbocycles. The van der Waals surface area contributed by atoms with Crippen molar-refractivity contribution in [2.24, 2.45) is 0 Å². The van der Waals surface area contributed by atoms with Crippen LogP contribution < -0.4 is 0 Å². The standard InChI is InChI=1S/C21H17NO4/c23-19(13-20(24)21(25)26)18-7-4-12-22(18)14-15-8-10-17(11-9-15)16-5-2-1-3-6-16/h1-13,23H,14H2,(H,25,26)/b19-13-. The molecule has 0 unspecified atom stereocenters. The van der Waals surface area contributed by atoms with Gasteiger partial charge >= 0.3 is 5.97 Å². The molecule has 0 fully saturated rings. The maximum absolute atomic E-state index is 11.2. The van der Waals surface area contributed by atoms with Crippen LogP contribution in [0.5, 0.6) is 0 Å². The summed E-state index contributed by atoms with van der Waals surface area (Å²) in [5, 5.41) is 18.7. The molecule has 0 aliphatic rings. The quantitative estimate of drug-likeness (QED) is 0.404. The summed E-state index contributed by atoms with van der Waals surface area (Å²) in [6.45, 7) is 0.483. The van der Waals surface area contributed by atoms with E-state index in [1.807, 2.05) is 54.6 Å². The van der Waals surface area contributed by atoms with Crippen LogP contribution in [-0.2, 0) is 16.1 Å². The fraction of sp³-hybridized carbons (Fsp3) is 0.0476. The minimum absolute atomic E-state index is 0.372. The molecule has 2 N–H and O–H groups in total. The fourth-order valence-electron chi connectivity index (χ4n) is 2.67. The van der Waals surface area contributed by atoms with E-state index in [1.165, 1.54) is 0 Å². The lowest BCUT2D eigenvalue weighted by Crippen LogP contribution is -2.10. The van der Waals surface area contributed by atoms with Crippen LogP contribution in [0.25, 0.3) is 16.9 Å². The summed E-state index contributed by atoms with van der Waals surface area (Å²) in [7, 11) is 0. The van der Waals surface area contributed by atoms with Crippen LogP contribution in [0.3, 0.4) is 0 Å². The highest BCUT2D eigenvalue weighted by atomic mass is 16.4. The number of hydrogen-bond acceptors (Lipinski definition) is 3. The van der Waals surface area contributed by atoms with E-state index in [0.717, 1.165) is 16.7 Å². The maximum Gasteiger partial charge on any atom is 0.376 e. The Balaban J connectivity index is 1.79. The summed E-state index contributed by atoms with van der Waals surface area (Å²) in [6.07, 6.45) is 2.47. The van der Waals surface area contributed by atoms with Gasteiger partial charge in [-0.25, -0.2) is 4.79 Å². The number of carbonyl (C=O) groups excluding carboxylic acids is 1. The molecule has 1 heterocycles. The molecule has 0 aliphatic heterocycles. The van der Waals surface area contributed by atoms with Gasteiger partial charge in [0.05, 0.1) is 5.69 Å². The number of hydrogen-bond donors (Lipinski definition) is 2. The first-order valence-electron chi connectivity index (χ1n) is 8.02. The first-order chi connectivity index (χ1) is 12.5. The first-order valence-corrected chi connectivity index (χ1v) is 8.02. The number of aliphatic hydroxyl groups is 1. The molecule has 5 heteroatoms. The van der Waals surface area contributed by atoms with Crippen LogP contribution >= 0.6 is 0 Å². The normalized spacial score (nSPS) is 11.3. The lowest BCUT2D eigenvalue weighted by Gasteiger charge is -2.10. The lowest BCUT2D eigenvalue weighted by atomic mass is 10.0. The van der Waals surface area contributed by atoms with Gasteiger partial charge in [0, 0.05) is 18.8 Å². The number of aliphatic carboxylic acids is 1. The number of benzene rings is 2. The van der Waals surface area contributed by atoms with Gasteiger partial charge in [-0.05, 0) is 28.8 Å². The molecule has 3 aromatic rings. The molecule has 0 saturated carbocycles. The van der Waals surface area contributed by atoms with Crippen molar-refractivity contribution in [3.05, 3.63) is 90.3 Å². The number of rotatable bonds is 6. The van der Waals surface area contributed by atoms with Gasteiger partial charge in [0.25, 0.3) is 5.78 Å². The average molecular weight is 347 g/mol. The average Bonchev–Trinajstić information content (AvgIpc) is 3.11. The van der Waals surface area contributed by atoms with E-state index in [0.29, 0.717) is 18.3 Å². The third kappa shape index (κ3) is 3.89. The van der Waals surface area contributed by atoms with Crippen LogP contribution in [-0.4, -0.2) is 26.5 Å². The van der Waals surface area contributed by atoms with Gasteiger partial charge in [0.2, 0.25) is 0 Å². The van der Waals surface area contributed by atoms with E-state index in [9.17, 15) is 14.7 Å². The van der Waals surface area contributed by atoms with Gasteiger partial charge in [-0.1, -0.05) is 54.6 Å². The molecule has 2 aromatic carbocycles. The van der Waals surface area contributed by atoms with Gasteiger partial charge in [-0.3, -0.25) is 4.79 Å². The Kier molecular flexibility index (Phi) is 4.99. The number of ketones is 1. The third-order valence-electron chi connectivity index (χ3n) is 3.98. The van der Waals surface area contributed by atoms with Crippen molar-refractivity contribution in [1.82, 2.24) is 4.57 Å². The Morgan fingerprint density at radius 2 is 1.50 bits per heavy atom. The van der Waals surface area contributed by atoms with E-state index >= 15 is 0 Å².